The molecule has 4 nitrogen and oxygen atoms in total. The zero-order valence-corrected chi connectivity index (χ0v) is 13.1. The third-order valence-electron chi connectivity index (χ3n) is 4.09. The number of nitrogens with zero attached hydrogens (tertiary/aromatic N) is 1. The maximum absolute atomic E-state index is 12.2. The minimum Gasteiger partial charge on any atom is -0.277 e. The summed E-state index contributed by atoms with van der Waals surface area (Å²) in [4.78, 5) is 2.40. The average molecular weight is 318 g/mol. The Labute approximate surface area is 126 Å². The van der Waals surface area contributed by atoms with E-state index in [-0.39, 0.29) is 23.5 Å². The van der Waals surface area contributed by atoms with E-state index in [9.17, 15) is 8.42 Å². The molecule has 0 amide bonds. The normalized spacial score (nSPS) is 28.9. The Morgan fingerprint density at radius 3 is 2.55 bits per heavy atom. The van der Waals surface area contributed by atoms with Crippen LogP contribution in [-0.2, 0) is 14.3 Å². The summed E-state index contributed by atoms with van der Waals surface area (Å²) >= 11 is 0. The monoisotopic (exact) mass is 317 g/mol. The van der Waals surface area contributed by atoms with E-state index in [0.29, 0.717) is 0 Å². The topological polar surface area (TPSA) is 46.6 Å². The average Bonchev–Trinajstić information content (AvgIpc) is 2.76. The number of aryl methyl sites for hydroxylation is 1. The lowest BCUT2D eigenvalue weighted by Gasteiger charge is -2.31. The maximum Gasteiger partial charge on any atom is 0.298 e. The molecule has 3 rings (SSSR count). The van der Waals surface area contributed by atoms with Crippen LogP contribution in [0.5, 0.6) is 0 Å². The van der Waals surface area contributed by atoms with Gasteiger partial charge in [-0.05, 0) is 44.2 Å². The van der Waals surface area contributed by atoms with Gasteiger partial charge in [0.15, 0.2) is 0 Å². The van der Waals surface area contributed by atoms with E-state index in [1.165, 1.54) is 6.42 Å². The van der Waals surface area contributed by atoms with Crippen LogP contribution in [0, 0.1) is 12.8 Å². The molecule has 0 N–H and O–H groups in total. The molecule has 0 spiro atoms. The van der Waals surface area contributed by atoms with E-state index >= 15 is 0 Å². The molecular weight excluding hydrogens is 298 g/mol. The first-order valence-electron chi connectivity index (χ1n) is 6.78. The number of fused-ring (bicyclic) bond motifs is 2. The van der Waals surface area contributed by atoms with Crippen LogP contribution in [-0.4, -0.2) is 32.6 Å². The minimum atomic E-state index is -3.64. The summed E-state index contributed by atoms with van der Waals surface area (Å²) in [5, 5.41) is 0. The van der Waals surface area contributed by atoms with Gasteiger partial charge in [0.2, 0.25) is 0 Å². The lowest BCUT2D eigenvalue weighted by Crippen LogP contribution is -2.40. The fourth-order valence-corrected chi connectivity index (χ4v) is 4.03. The first-order valence-corrected chi connectivity index (χ1v) is 8.19. The Balaban J connectivity index is 0.00000147. The highest BCUT2D eigenvalue weighted by atomic mass is 35.5. The van der Waals surface area contributed by atoms with Crippen LogP contribution in [0.4, 0.5) is 0 Å². The van der Waals surface area contributed by atoms with Crippen LogP contribution in [0.15, 0.2) is 29.2 Å². The van der Waals surface area contributed by atoms with Crippen molar-refractivity contribution in [3.8, 4) is 0 Å². The van der Waals surface area contributed by atoms with Gasteiger partial charge < -0.3 is 0 Å². The number of piperidine rings is 1. The van der Waals surface area contributed by atoms with E-state index in [0.717, 1.165) is 37.4 Å². The standard InChI is InChI=1S/C14H19NO3S.ClH/c1-11-2-5-13(6-3-11)19(16,17)18-14-7-4-12-8-9-15(14)10-12;/h2-3,5-6,12,14H,4,7-10H2,1H3;1H. The van der Waals surface area contributed by atoms with Crippen LogP contribution in [0.1, 0.15) is 24.8 Å². The van der Waals surface area contributed by atoms with Gasteiger partial charge in [0, 0.05) is 13.1 Å². The Morgan fingerprint density at radius 1 is 1.15 bits per heavy atom. The van der Waals surface area contributed by atoms with Crippen molar-refractivity contribution in [2.45, 2.75) is 37.3 Å². The third-order valence-corrected chi connectivity index (χ3v) is 5.42. The first-order chi connectivity index (χ1) is 9.04. The predicted molar refractivity (Wildman–Crippen MR) is 79.4 cm³/mol. The Bertz CT molecular complexity index is 558. The molecule has 3 unspecified atom stereocenters. The lowest BCUT2D eigenvalue weighted by molar-refractivity contribution is 0.0182. The molecule has 0 radical (unpaired) electrons. The van der Waals surface area contributed by atoms with Crippen molar-refractivity contribution in [1.29, 1.82) is 0 Å². The molecule has 2 aliphatic heterocycles. The molecule has 112 valence electrons. The van der Waals surface area contributed by atoms with Gasteiger partial charge in [-0.15, -0.1) is 12.4 Å². The molecule has 2 heterocycles. The smallest absolute Gasteiger partial charge is 0.277 e. The first kappa shape index (κ1) is 15.8. The van der Waals surface area contributed by atoms with E-state index < -0.39 is 10.1 Å². The number of hydrogen-bond acceptors (Lipinski definition) is 4. The molecule has 0 saturated carbocycles. The van der Waals surface area contributed by atoms with Gasteiger partial charge in [-0.25, -0.2) is 4.18 Å². The fourth-order valence-electron chi connectivity index (χ4n) is 2.94. The molecular formula is C14H20ClNO3S. The summed E-state index contributed by atoms with van der Waals surface area (Å²) in [7, 11) is -3.64. The second-order valence-corrected chi connectivity index (χ2v) is 7.12. The Morgan fingerprint density at radius 2 is 1.85 bits per heavy atom. The summed E-state index contributed by atoms with van der Waals surface area (Å²) in [6, 6.07) is 6.81. The van der Waals surface area contributed by atoms with Crippen LogP contribution in [0.25, 0.3) is 0 Å². The zero-order valence-electron chi connectivity index (χ0n) is 11.5. The summed E-state index contributed by atoms with van der Waals surface area (Å²) in [5.41, 5.74) is 1.04. The number of halogens is 1. The third kappa shape index (κ3) is 3.17. The number of rotatable bonds is 3. The number of benzene rings is 1. The predicted octanol–water partition coefficient (Wildman–Crippen LogP) is 2.56. The van der Waals surface area contributed by atoms with Gasteiger partial charge in [-0.1, -0.05) is 17.7 Å². The summed E-state index contributed by atoms with van der Waals surface area (Å²) in [5.74, 6) is 0.738. The van der Waals surface area contributed by atoms with Crippen molar-refractivity contribution < 1.29 is 12.6 Å². The molecule has 20 heavy (non-hydrogen) atoms. The fraction of sp³-hybridized carbons (Fsp3) is 0.571. The lowest BCUT2D eigenvalue weighted by atomic mass is 10.0. The van der Waals surface area contributed by atoms with Gasteiger partial charge in [-0.3, -0.25) is 4.90 Å². The molecule has 3 atom stereocenters. The van der Waals surface area contributed by atoms with E-state index in [1.807, 2.05) is 6.92 Å². The van der Waals surface area contributed by atoms with Gasteiger partial charge >= 0.3 is 0 Å². The highest BCUT2D eigenvalue weighted by molar-refractivity contribution is 7.86. The van der Waals surface area contributed by atoms with Crippen molar-refractivity contribution >= 4 is 22.5 Å². The summed E-state index contributed by atoms with van der Waals surface area (Å²) < 4.78 is 29.9. The van der Waals surface area contributed by atoms with Crippen LogP contribution in [0.2, 0.25) is 0 Å². The largest absolute Gasteiger partial charge is 0.298 e. The Hall–Kier alpha value is -0.620. The van der Waals surface area contributed by atoms with Crippen molar-refractivity contribution in [2.24, 2.45) is 5.92 Å². The quantitative estimate of drug-likeness (QED) is 0.804. The molecule has 2 saturated heterocycles. The second kappa shape index (κ2) is 6.02. The molecule has 0 aliphatic carbocycles. The van der Waals surface area contributed by atoms with Gasteiger partial charge in [0.1, 0.15) is 6.23 Å². The summed E-state index contributed by atoms with van der Waals surface area (Å²) in [6.45, 7) is 3.87. The molecule has 1 aromatic rings. The van der Waals surface area contributed by atoms with Crippen molar-refractivity contribution in [1.82, 2.24) is 4.90 Å². The SMILES string of the molecule is Cc1ccc(S(=O)(=O)OC2CCC3CCN2C3)cc1.Cl. The van der Waals surface area contributed by atoms with Gasteiger partial charge in [0.25, 0.3) is 10.1 Å². The van der Waals surface area contributed by atoms with E-state index in [4.69, 9.17) is 4.18 Å². The second-order valence-electron chi connectivity index (χ2n) is 5.55. The van der Waals surface area contributed by atoms with E-state index in [2.05, 4.69) is 4.90 Å². The zero-order chi connectivity index (χ0) is 13.5. The van der Waals surface area contributed by atoms with Crippen LogP contribution < -0.4 is 0 Å². The Kier molecular flexibility index (Phi) is 4.74. The van der Waals surface area contributed by atoms with Crippen molar-refractivity contribution in [3.63, 3.8) is 0 Å². The van der Waals surface area contributed by atoms with Crippen LogP contribution >= 0.6 is 12.4 Å². The highest BCUT2D eigenvalue weighted by Gasteiger charge is 2.36. The minimum absolute atomic E-state index is 0. The van der Waals surface area contributed by atoms with Crippen molar-refractivity contribution in [2.75, 3.05) is 13.1 Å². The van der Waals surface area contributed by atoms with Crippen molar-refractivity contribution in [3.05, 3.63) is 29.8 Å². The highest BCUT2D eigenvalue weighted by Crippen LogP contribution is 2.32. The molecule has 6 heteroatoms. The summed E-state index contributed by atoms with van der Waals surface area (Å²) in [6.07, 6.45) is 2.79. The van der Waals surface area contributed by atoms with E-state index in [1.54, 1.807) is 24.3 Å². The molecule has 1 aromatic carbocycles. The number of hydrogen-bond donors (Lipinski definition) is 0. The molecule has 2 fully saturated rings. The van der Waals surface area contributed by atoms with Gasteiger partial charge in [0.05, 0.1) is 4.90 Å². The molecule has 2 aliphatic rings. The maximum atomic E-state index is 12.2. The van der Waals surface area contributed by atoms with Gasteiger partial charge in [-0.2, -0.15) is 8.42 Å². The molecule has 2 bridgehead atoms. The van der Waals surface area contributed by atoms with Crippen LogP contribution in [0.3, 0.4) is 0 Å². The molecule has 0 aromatic heterocycles.